The van der Waals surface area contributed by atoms with E-state index in [4.69, 9.17) is 5.53 Å². The molecule has 0 aromatic carbocycles. The molecule has 0 aliphatic heterocycles. The maximum Gasteiger partial charge on any atom is 0.249 e. The van der Waals surface area contributed by atoms with Gasteiger partial charge in [-0.25, -0.2) is 0 Å². The third-order valence-electron chi connectivity index (χ3n) is 2.52. The number of nitrogens with one attached hydrogen (secondary N) is 1. The zero-order valence-electron chi connectivity index (χ0n) is 10.6. The largest absolute Gasteiger partial charge is 0.383 e. The Morgan fingerprint density at radius 2 is 2.06 bits per heavy atom. The first-order chi connectivity index (χ1) is 8.17. The van der Waals surface area contributed by atoms with Crippen LogP contribution in [-0.2, 0) is 4.79 Å². The second-order valence-electron chi connectivity index (χ2n) is 4.00. The lowest BCUT2D eigenvalue weighted by molar-refractivity contribution is -0.130. The SMILES string of the molecule is CCCCNC(=O)[C@@H](O)[C@H](CCCC)N=[N+]=[N-]. The van der Waals surface area contributed by atoms with E-state index in [1.807, 2.05) is 13.8 Å². The van der Waals surface area contributed by atoms with Gasteiger partial charge in [-0.1, -0.05) is 38.2 Å². The summed E-state index contributed by atoms with van der Waals surface area (Å²) in [6.07, 6.45) is 2.90. The molecule has 0 bridgehead atoms. The molecule has 0 fully saturated rings. The molecule has 0 heterocycles. The first-order valence-electron chi connectivity index (χ1n) is 6.17. The zero-order chi connectivity index (χ0) is 13.1. The van der Waals surface area contributed by atoms with E-state index in [1.165, 1.54) is 0 Å². The summed E-state index contributed by atoms with van der Waals surface area (Å²) in [5.74, 6) is -0.452. The second kappa shape index (κ2) is 9.93. The lowest BCUT2D eigenvalue weighted by Gasteiger charge is -2.17. The number of azide groups is 1. The highest BCUT2D eigenvalue weighted by Gasteiger charge is 2.24. The van der Waals surface area contributed by atoms with Crippen LogP contribution in [0.2, 0.25) is 0 Å². The van der Waals surface area contributed by atoms with Crippen LogP contribution in [0.1, 0.15) is 46.0 Å². The molecular formula is C11H22N4O2. The van der Waals surface area contributed by atoms with E-state index >= 15 is 0 Å². The van der Waals surface area contributed by atoms with Gasteiger partial charge in [-0.2, -0.15) is 0 Å². The van der Waals surface area contributed by atoms with Crippen molar-refractivity contribution in [2.24, 2.45) is 5.11 Å². The van der Waals surface area contributed by atoms with Gasteiger partial charge < -0.3 is 10.4 Å². The summed E-state index contributed by atoms with van der Waals surface area (Å²) in [6.45, 7) is 4.57. The highest BCUT2D eigenvalue weighted by Crippen LogP contribution is 2.10. The number of nitrogens with zero attached hydrogens (tertiary/aromatic N) is 3. The zero-order valence-corrected chi connectivity index (χ0v) is 10.6. The molecule has 6 nitrogen and oxygen atoms in total. The van der Waals surface area contributed by atoms with Gasteiger partial charge >= 0.3 is 0 Å². The van der Waals surface area contributed by atoms with Gasteiger partial charge in [-0.15, -0.1) is 0 Å². The van der Waals surface area contributed by atoms with Crippen LogP contribution in [0, 0.1) is 0 Å². The van der Waals surface area contributed by atoms with Gasteiger partial charge in [0, 0.05) is 11.5 Å². The number of aliphatic hydroxyl groups excluding tert-OH is 1. The van der Waals surface area contributed by atoms with Gasteiger partial charge in [-0.3, -0.25) is 4.79 Å². The van der Waals surface area contributed by atoms with Gasteiger partial charge in [0.05, 0.1) is 6.04 Å². The normalized spacial score (nSPS) is 13.6. The Balaban J connectivity index is 4.22. The van der Waals surface area contributed by atoms with E-state index in [2.05, 4.69) is 15.3 Å². The van der Waals surface area contributed by atoms with Crippen molar-refractivity contribution in [3.05, 3.63) is 10.4 Å². The fraction of sp³-hybridized carbons (Fsp3) is 0.909. The van der Waals surface area contributed by atoms with Gasteiger partial charge in [0.25, 0.3) is 0 Å². The molecule has 0 aromatic heterocycles. The molecule has 0 saturated heterocycles. The van der Waals surface area contributed by atoms with Gasteiger partial charge in [-0.05, 0) is 18.4 Å². The average Bonchev–Trinajstić information content (AvgIpc) is 2.33. The fourth-order valence-electron chi connectivity index (χ4n) is 1.43. The van der Waals surface area contributed by atoms with Crippen molar-refractivity contribution in [2.75, 3.05) is 6.54 Å². The summed E-state index contributed by atoms with van der Waals surface area (Å²) < 4.78 is 0. The highest BCUT2D eigenvalue weighted by molar-refractivity contribution is 5.81. The third kappa shape index (κ3) is 6.81. The predicted octanol–water partition coefficient (Wildman–Crippen LogP) is 2.13. The summed E-state index contributed by atoms with van der Waals surface area (Å²) in [5, 5.41) is 15.9. The Hall–Kier alpha value is -1.26. The molecule has 98 valence electrons. The number of rotatable bonds is 9. The van der Waals surface area contributed by atoms with E-state index in [9.17, 15) is 9.90 Å². The fourth-order valence-corrected chi connectivity index (χ4v) is 1.43. The van der Waals surface area contributed by atoms with Crippen molar-refractivity contribution in [2.45, 2.75) is 58.1 Å². The number of amides is 1. The van der Waals surface area contributed by atoms with E-state index in [-0.39, 0.29) is 0 Å². The number of aliphatic hydroxyl groups is 1. The quantitative estimate of drug-likeness (QED) is 0.280. The van der Waals surface area contributed by atoms with Gasteiger partial charge in [0.15, 0.2) is 0 Å². The third-order valence-corrected chi connectivity index (χ3v) is 2.52. The van der Waals surface area contributed by atoms with Crippen LogP contribution in [0.4, 0.5) is 0 Å². The monoisotopic (exact) mass is 242 g/mol. The van der Waals surface area contributed by atoms with Crippen molar-refractivity contribution in [1.29, 1.82) is 0 Å². The molecule has 0 saturated carbocycles. The van der Waals surface area contributed by atoms with Crippen LogP contribution in [0.5, 0.6) is 0 Å². The molecule has 2 N–H and O–H groups in total. The van der Waals surface area contributed by atoms with E-state index in [1.54, 1.807) is 0 Å². The van der Waals surface area contributed by atoms with Crippen LogP contribution in [0.25, 0.3) is 10.4 Å². The highest BCUT2D eigenvalue weighted by atomic mass is 16.3. The van der Waals surface area contributed by atoms with Crippen LogP contribution in [-0.4, -0.2) is 29.7 Å². The molecule has 17 heavy (non-hydrogen) atoms. The summed E-state index contributed by atoms with van der Waals surface area (Å²) in [7, 11) is 0. The molecule has 1 amide bonds. The minimum atomic E-state index is -1.24. The van der Waals surface area contributed by atoms with Crippen LogP contribution in [0.15, 0.2) is 5.11 Å². The Morgan fingerprint density at radius 1 is 1.41 bits per heavy atom. The topological polar surface area (TPSA) is 98.1 Å². The molecule has 0 spiro atoms. The Bertz CT molecular complexity index is 264. The lowest BCUT2D eigenvalue weighted by Crippen LogP contribution is -2.41. The molecule has 0 aliphatic rings. The Morgan fingerprint density at radius 3 is 2.59 bits per heavy atom. The molecular weight excluding hydrogens is 220 g/mol. The van der Waals surface area contributed by atoms with Crippen molar-refractivity contribution >= 4 is 5.91 Å². The predicted molar refractivity (Wildman–Crippen MR) is 66.4 cm³/mol. The molecule has 0 rings (SSSR count). The lowest BCUT2D eigenvalue weighted by atomic mass is 10.0. The van der Waals surface area contributed by atoms with Crippen LogP contribution < -0.4 is 5.32 Å². The Kier molecular flexibility index (Phi) is 9.19. The molecule has 0 aromatic rings. The maximum absolute atomic E-state index is 11.6. The van der Waals surface area contributed by atoms with E-state index < -0.39 is 18.1 Å². The molecule has 0 unspecified atom stereocenters. The molecule has 0 radical (unpaired) electrons. The van der Waals surface area contributed by atoms with Crippen LogP contribution >= 0.6 is 0 Å². The number of unbranched alkanes of at least 4 members (excludes halogenated alkanes) is 2. The van der Waals surface area contributed by atoms with Crippen molar-refractivity contribution in [1.82, 2.24) is 5.32 Å². The number of carbonyl (C=O) groups excluding carboxylic acids is 1. The minimum Gasteiger partial charge on any atom is -0.383 e. The molecule has 6 heteroatoms. The molecule has 2 atom stereocenters. The van der Waals surface area contributed by atoms with Gasteiger partial charge in [0.1, 0.15) is 6.10 Å². The summed E-state index contributed by atoms with van der Waals surface area (Å²) in [6, 6.07) is -0.665. The standard InChI is InChI=1S/C11H22N4O2/c1-3-5-7-9(14-15-12)10(16)11(17)13-8-6-4-2/h9-10,16H,3-8H2,1-2H3,(H,13,17)/t9-,10-/m0/s1. The van der Waals surface area contributed by atoms with Crippen molar-refractivity contribution < 1.29 is 9.90 Å². The summed E-state index contributed by atoms with van der Waals surface area (Å²) in [5.41, 5.74) is 8.40. The maximum atomic E-state index is 11.6. The summed E-state index contributed by atoms with van der Waals surface area (Å²) in [4.78, 5) is 14.2. The van der Waals surface area contributed by atoms with E-state index in [0.717, 1.165) is 25.7 Å². The number of hydrogen-bond donors (Lipinski definition) is 2. The van der Waals surface area contributed by atoms with Crippen molar-refractivity contribution in [3.63, 3.8) is 0 Å². The average molecular weight is 242 g/mol. The first kappa shape index (κ1) is 15.7. The minimum absolute atomic E-state index is 0.452. The van der Waals surface area contributed by atoms with Crippen LogP contribution in [0.3, 0.4) is 0 Å². The van der Waals surface area contributed by atoms with E-state index in [0.29, 0.717) is 13.0 Å². The number of carbonyl (C=O) groups is 1. The summed E-state index contributed by atoms with van der Waals surface area (Å²) >= 11 is 0. The Labute approximate surface area is 102 Å². The second-order valence-corrected chi connectivity index (χ2v) is 4.00. The van der Waals surface area contributed by atoms with Crippen molar-refractivity contribution in [3.8, 4) is 0 Å². The van der Waals surface area contributed by atoms with Gasteiger partial charge in [0.2, 0.25) is 5.91 Å². The molecule has 0 aliphatic carbocycles. The smallest absolute Gasteiger partial charge is 0.249 e. The number of hydrogen-bond acceptors (Lipinski definition) is 3. The first-order valence-corrected chi connectivity index (χ1v) is 6.17.